The summed E-state index contributed by atoms with van der Waals surface area (Å²) >= 11 is 4.84. The molecule has 1 aromatic heterocycles. The van der Waals surface area contributed by atoms with E-state index in [1.54, 1.807) is 23.5 Å². The van der Waals surface area contributed by atoms with Gasteiger partial charge in [-0.2, -0.15) is 0 Å². The van der Waals surface area contributed by atoms with Crippen molar-refractivity contribution < 1.29 is 4.39 Å². The number of halogens is 2. The maximum atomic E-state index is 13.2. The van der Waals surface area contributed by atoms with E-state index in [1.807, 2.05) is 6.20 Å². The van der Waals surface area contributed by atoms with Crippen LogP contribution in [-0.4, -0.2) is 11.5 Å². The number of thiazole rings is 1. The predicted octanol–water partition coefficient (Wildman–Crippen LogP) is 4.77. The van der Waals surface area contributed by atoms with Gasteiger partial charge in [-0.3, -0.25) is 0 Å². The van der Waals surface area contributed by atoms with Gasteiger partial charge in [0, 0.05) is 22.7 Å². The van der Waals surface area contributed by atoms with E-state index in [0.29, 0.717) is 10.5 Å². The molecule has 0 bridgehead atoms. The van der Waals surface area contributed by atoms with Gasteiger partial charge in [0.15, 0.2) is 0 Å². The molecule has 0 aliphatic carbocycles. The standard InChI is InChI=1S/C14H16BrFN2S/c1-3-6-17-9(2)13-8-18-14(19-13)10-4-5-12(16)11(15)7-10/h4-5,7-9,17H,3,6H2,1-2H3. The molecule has 1 N–H and O–H groups in total. The highest BCUT2D eigenvalue weighted by Gasteiger charge is 2.11. The minimum Gasteiger partial charge on any atom is -0.309 e. The summed E-state index contributed by atoms with van der Waals surface area (Å²) in [5.41, 5.74) is 0.937. The number of hydrogen-bond acceptors (Lipinski definition) is 3. The van der Waals surface area contributed by atoms with Crippen LogP contribution in [0.3, 0.4) is 0 Å². The van der Waals surface area contributed by atoms with E-state index in [0.717, 1.165) is 23.5 Å². The van der Waals surface area contributed by atoms with Crippen molar-refractivity contribution in [3.8, 4) is 10.6 Å². The number of aromatic nitrogens is 1. The topological polar surface area (TPSA) is 24.9 Å². The van der Waals surface area contributed by atoms with Crippen LogP contribution in [0.4, 0.5) is 4.39 Å². The lowest BCUT2D eigenvalue weighted by atomic mass is 10.2. The van der Waals surface area contributed by atoms with Crippen LogP contribution >= 0.6 is 27.3 Å². The second-order valence-corrected chi connectivity index (χ2v) is 6.29. The number of nitrogens with zero attached hydrogens (tertiary/aromatic N) is 1. The van der Waals surface area contributed by atoms with Gasteiger partial charge in [-0.05, 0) is 54.0 Å². The van der Waals surface area contributed by atoms with Crippen molar-refractivity contribution in [2.24, 2.45) is 0 Å². The zero-order chi connectivity index (χ0) is 13.8. The molecule has 0 amide bonds. The van der Waals surface area contributed by atoms with E-state index in [2.05, 4.69) is 40.1 Å². The molecule has 2 aromatic rings. The molecular formula is C14H16BrFN2S. The SMILES string of the molecule is CCCNC(C)c1cnc(-c2ccc(F)c(Br)c2)s1. The van der Waals surface area contributed by atoms with Gasteiger partial charge < -0.3 is 5.32 Å². The van der Waals surface area contributed by atoms with Gasteiger partial charge in [0.2, 0.25) is 0 Å². The van der Waals surface area contributed by atoms with Crippen LogP contribution in [-0.2, 0) is 0 Å². The van der Waals surface area contributed by atoms with Crippen molar-refractivity contribution in [1.29, 1.82) is 0 Å². The van der Waals surface area contributed by atoms with Gasteiger partial charge in [-0.15, -0.1) is 11.3 Å². The van der Waals surface area contributed by atoms with Crippen molar-refractivity contribution in [2.45, 2.75) is 26.3 Å². The molecule has 0 saturated carbocycles. The quantitative estimate of drug-likeness (QED) is 0.846. The summed E-state index contributed by atoms with van der Waals surface area (Å²) in [5.74, 6) is -0.251. The van der Waals surface area contributed by atoms with Gasteiger partial charge in [0.1, 0.15) is 10.8 Å². The Morgan fingerprint density at radius 1 is 1.47 bits per heavy atom. The van der Waals surface area contributed by atoms with E-state index in [1.165, 1.54) is 10.9 Å². The largest absolute Gasteiger partial charge is 0.309 e. The molecule has 0 spiro atoms. The first-order valence-corrected chi connectivity index (χ1v) is 7.87. The lowest BCUT2D eigenvalue weighted by molar-refractivity contribution is 0.577. The van der Waals surface area contributed by atoms with Crippen LogP contribution in [0.25, 0.3) is 10.6 Å². The molecule has 2 rings (SSSR count). The Hall–Kier alpha value is -0.780. The highest BCUT2D eigenvalue weighted by atomic mass is 79.9. The molecule has 0 saturated heterocycles. The summed E-state index contributed by atoms with van der Waals surface area (Å²) in [6, 6.07) is 5.28. The van der Waals surface area contributed by atoms with E-state index in [4.69, 9.17) is 0 Å². The molecule has 0 radical (unpaired) electrons. The van der Waals surface area contributed by atoms with Crippen LogP contribution in [0.1, 0.15) is 31.2 Å². The van der Waals surface area contributed by atoms with E-state index in [9.17, 15) is 4.39 Å². The van der Waals surface area contributed by atoms with E-state index >= 15 is 0 Å². The highest BCUT2D eigenvalue weighted by molar-refractivity contribution is 9.10. The molecule has 19 heavy (non-hydrogen) atoms. The Morgan fingerprint density at radius 3 is 2.95 bits per heavy atom. The molecule has 0 fully saturated rings. The second-order valence-electron chi connectivity index (χ2n) is 4.37. The number of benzene rings is 1. The fourth-order valence-electron chi connectivity index (χ4n) is 1.71. The zero-order valence-corrected chi connectivity index (χ0v) is 13.3. The van der Waals surface area contributed by atoms with Crippen molar-refractivity contribution in [1.82, 2.24) is 10.3 Å². The Bertz CT molecular complexity index is 556. The molecule has 1 aromatic carbocycles. The maximum Gasteiger partial charge on any atom is 0.137 e. The molecule has 1 atom stereocenters. The van der Waals surface area contributed by atoms with Crippen molar-refractivity contribution in [3.05, 3.63) is 39.6 Å². The Labute approximate surface area is 125 Å². The minimum absolute atomic E-state index is 0.251. The average Bonchev–Trinajstić information content (AvgIpc) is 2.89. The van der Waals surface area contributed by atoms with Crippen LogP contribution in [0, 0.1) is 5.82 Å². The van der Waals surface area contributed by atoms with Crippen LogP contribution in [0.2, 0.25) is 0 Å². The first-order valence-electron chi connectivity index (χ1n) is 6.26. The summed E-state index contributed by atoms with van der Waals surface area (Å²) < 4.78 is 13.7. The third-order valence-corrected chi connectivity index (χ3v) is 4.65. The number of rotatable bonds is 5. The first-order chi connectivity index (χ1) is 9.11. The number of hydrogen-bond donors (Lipinski definition) is 1. The van der Waals surface area contributed by atoms with Gasteiger partial charge in [0.05, 0.1) is 4.47 Å². The molecule has 1 unspecified atom stereocenters. The smallest absolute Gasteiger partial charge is 0.137 e. The molecule has 0 aliphatic rings. The van der Waals surface area contributed by atoms with Crippen LogP contribution in [0.15, 0.2) is 28.9 Å². The average molecular weight is 343 g/mol. The van der Waals surface area contributed by atoms with Crippen molar-refractivity contribution in [2.75, 3.05) is 6.54 Å². The Kier molecular flexibility index (Phi) is 5.07. The summed E-state index contributed by atoms with van der Waals surface area (Å²) in [7, 11) is 0. The Morgan fingerprint density at radius 2 is 2.26 bits per heavy atom. The van der Waals surface area contributed by atoms with Gasteiger partial charge in [-0.25, -0.2) is 9.37 Å². The normalized spacial score (nSPS) is 12.6. The van der Waals surface area contributed by atoms with Crippen LogP contribution in [0.5, 0.6) is 0 Å². The number of nitrogens with one attached hydrogen (secondary N) is 1. The summed E-state index contributed by atoms with van der Waals surface area (Å²) in [6.07, 6.45) is 3.01. The van der Waals surface area contributed by atoms with Crippen molar-refractivity contribution >= 4 is 27.3 Å². The molecular weight excluding hydrogens is 327 g/mol. The molecule has 5 heteroatoms. The second kappa shape index (κ2) is 6.59. The van der Waals surface area contributed by atoms with Crippen molar-refractivity contribution in [3.63, 3.8) is 0 Å². The summed E-state index contributed by atoms with van der Waals surface area (Å²) in [4.78, 5) is 5.62. The van der Waals surface area contributed by atoms with E-state index in [-0.39, 0.29) is 5.82 Å². The third-order valence-electron chi connectivity index (χ3n) is 2.82. The molecule has 0 aliphatic heterocycles. The third kappa shape index (κ3) is 3.61. The van der Waals surface area contributed by atoms with E-state index < -0.39 is 0 Å². The zero-order valence-electron chi connectivity index (χ0n) is 10.9. The molecule has 2 nitrogen and oxygen atoms in total. The van der Waals surface area contributed by atoms with Crippen LogP contribution < -0.4 is 5.32 Å². The fourth-order valence-corrected chi connectivity index (χ4v) is 3.03. The lowest BCUT2D eigenvalue weighted by Crippen LogP contribution is -2.18. The fraction of sp³-hybridized carbons (Fsp3) is 0.357. The predicted molar refractivity (Wildman–Crippen MR) is 81.9 cm³/mol. The lowest BCUT2D eigenvalue weighted by Gasteiger charge is -2.09. The molecule has 1 heterocycles. The minimum atomic E-state index is -0.251. The van der Waals surface area contributed by atoms with Gasteiger partial charge in [-0.1, -0.05) is 6.92 Å². The summed E-state index contributed by atoms with van der Waals surface area (Å²) in [6.45, 7) is 5.28. The highest BCUT2D eigenvalue weighted by Crippen LogP contribution is 2.30. The summed E-state index contributed by atoms with van der Waals surface area (Å²) in [5, 5.41) is 4.35. The monoisotopic (exact) mass is 342 g/mol. The Balaban J connectivity index is 2.18. The maximum absolute atomic E-state index is 13.2. The first kappa shape index (κ1) is 14.6. The molecule has 102 valence electrons. The van der Waals surface area contributed by atoms with Gasteiger partial charge >= 0.3 is 0 Å². The van der Waals surface area contributed by atoms with Gasteiger partial charge in [0.25, 0.3) is 0 Å².